The molecule has 0 bridgehead atoms. The largest absolute Gasteiger partial charge is 0.347 e. The number of halogens is 1. The number of hydrogen-bond acceptors (Lipinski definition) is 3. The Morgan fingerprint density at radius 2 is 1.96 bits per heavy atom. The maximum absolute atomic E-state index is 13.9. The van der Waals surface area contributed by atoms with Crippen LogP contribution in [0.15, 0.2) is 54.6 Å². The second-order valence-electron chi connectivity index (χ2n) is 7.14. The Kier molecular flexibility index (Phi) is 4.86. The molecule has 4 nitrogen and oxygen atoms in total. The molecule has 1 aromatic heterocycles. The fourth-order valence-corrected chi connectivity index (χ4v) is 3.68. The molecular formula is C22H22FN3O. The Morgan fingerprint density at radius 3 is 2.81 bits per heavy atom. The Balaban J connectivity index is 1.40. The van der Waals surface area contributed by atoms with E-state index in [1.54, 1.807) is 24.3 Å². The number of nitrogens with zero attached hydrogens (tertiary/aromatic N) is 2. The third-order valence-corrected chi connectivity index (χ3v) is 5.02. The van der Waals surface area contributed by atoms with Crippen LogP contribution in [0.25, 0.3) is 10.9 Å². The van der Waals surface area contributed by atoms with Crippen LogP contribution >= 0.6 is 0 Å². The topological polar surface area (TPSA) is 45.2 Å². The lowest BCUT2D eigenvalue weighted by Crippen LogP contribution is -2.43. The van der Waals surface area contributed by atoms with Gasteiger partial charge in [0.05, 0.1) is 0 Å². The van der Waals surface area contributed by atoms with E-state index in [1.807, 2.05) is 6.92 Å². The summed E-state index contributed by atoms with van der Waals surface area (Å²) < 4.78 is 13.9. The summed E-state index contributed by atoms with van der Waals surface area (Å²) in [5.41, 5.74) is 3.23. The SMILES string of the molecule is CC(CN1CCc2ccccc2C1)NC(=O)c1ccc2cccc(F)c2n1. The molecule has 0 saturated heterocycles. The van der Waals surface area contributed by atoms with Crippen LogP contribution < -0.4 is 5.32 Å². The molecule has 3 aromatic rings. The van der Waals surface area contributed by atoms with Gasteiger partial charge in [-0.15, -0.1) is 0 Å². The highest BCUT2D eigenvalue weighted by molar-refractivity contribution is 5.95. The first-order valence-electron chi connectivity index (χ1n) is 9.25. The first kappa shape index (κ1) is 17.6. The van der Waals surface area contributed by atoms with Crippen LogP contribution in [-0.2, 0) is 13.0 Å². The van der Waals surface area contributed by atoms with Crippen molar-refractivity contribution in [3.63, 3.8) is 0 Å². The minimum Gasteiger partial charge on any atom is -0.347 e. The monoisotopic (exact) mass is 363 g/mol. The molecule has 5 heteroatoms. The highest BCUT2D eigenvalue weighted by atomic mass is 19.1. The average molecular weight is 363 g/mol. The van der Waals surface area contributed by atoms with Crippen molar-refractivity contribution in [2.24, 2.45) is 0 Å². The number of rotatable bonds is 4. The van der Waals surface area contributed by atoms with Gasteiger partial charge in [-0.2, -0.15) is 0 Å². The molecule has 0 fully saturated rings. The number of carbonyl (C=O) groups excluding carboxylic acids is 1. The van der Waals surface area contributed by atoms with E-state index in [1.165, 1.54) is 17.2 Å². The predicted molar refractivity (Wildman–Crippen MR) is 104 cm³/mol. The number of para-hydroxylation sites is 1. The van der Waals surface area contributed by atoms with Crippen LogP contribution in [-0.4, -0.2) is 34.9 Å². The molecule has 1 unspecified atom stereocenters. The number of benzene rings is 2. The van der Waals surface area contributed by atoms with Gasteiger partial charge in [0, 0.05) is 31.1 Å². The maximum Gasteiger partial charge on any atom is 0.270 e. The number of fused-ring (bicyclic) bond motifs is 2. The zero-order valence-electron chi connectivity index (χ0n) is 15.3. The van der Waals surface area contributed by atoms with E-state index >= 15 is 0 Å². The van der Waals surface area contributed by atoms with Crippen LogP contribution in [0.5, 0.6) is 0 Å². The summed E-state index contributed by atoms with van der Waals surface area (Å²) in [5, 5.41) is 3.67. The van der Waals surface area contributed by atoms with Crippen molar-refractivity contribution in [2.45, 2.75) is 25.9 Å². The van der Waals surface area contributed by atoms with E-state index in [0.717, 1.165) is 26.1 Å². The molecule has 1 aliphatic heterocycles. The summed E-state index contributed by atoms with van der Waals surface area (Å²) >= 11 is 0. The normalized spacial score (nSPS) is 15.3. The number of amides is 1. The number of aromatic nitrogens is 1. The lowest BCUT2D eigenvalue weighted by atomic mass is 10.00. The van der Waals surface area contributed by atoms with Crippen molar-refractivity contribution in [1.82, 2.24) is 15.2 Å². The van der Waals surface area contributed by atoms with E-state index < -0.39 is 5.82 Å². The summed E-state index contributed by atoms with van der Waals surface area (Å²) in [4.78, 5) is 19.1. The Morgan fingerprint density at radius 1 is 1.15 bits per heavy atom. The zero-order valence-corrected chi connectivity index (χ0v) is 15.3. The number of pyridine rings is 1. The van der Waals surface area contributed by atoms with Crippen LogP contribution in [0, 0.1) is 5.82 Å². The van der Waals surface area contributed by atoms with Gasteiger partial charge in [0.15, 0.2) is 0 Å². The Labute approximate surface area is 158 Å². The second kappa shape index (κ2) is 7.45. The van der Waals surface area contributed by atoms with Gasteiger partial charge in [-0.05, 0) is 36.6 Å². The molecule has 1 atom stereocenters. The maximum atomic E-state index is 13.9. The first-order chi connectivity index (χ1) is 13.1. The van der Waals surface area contributed by atoms with Gasteiger partial charge >= 0.3 is 0 Å². The zero-order chi connectivity index (χ0) is 18.8. The van der Waals surface area contributed by atoms with Crippen molar-refractivity contribution in [3.05, 3.63) is 77.2 Å². The van der Waals surface area contributed by atoms with Crippen molar-refractivity contribution in [1.29, 1.82) is 0 Å². The van der Waals surface area contributed by atoms with Gasteiger partial charge in [0.1, 0.15) is 17.0 Å². The molecule has 0 aliphatic carbocycles. The molecule has 0 radical (unpaired) electrons. The highest BCUT2D eigenvalue weighted by Gasteiger charge is 2.19. The Hall–Kier alpha value is -2.79. The smallest absolute Gasteiger partial charge is 0.270 e. The molecule has 1 N–H and O–H groups in total. The molecule has 2 heterocycles. The second-order valence-corrected chi connectivity index (χ2v) is 7.14. The van der Waals surface area contributed by atoms with Gasteiger partial charge in [-0.1, -0.05) is 42.5 Å². The molecule has 2 aromatic carbocycles. The van der Waals surface area contributed by atoms with E-state index in [0.29, 0.717) is 5.39 Å². The van der Waals surface area contributed by atoms with Crippen molar-refractivity contribution < 1.29 is 9.18 Å². The Bertz CT molecular complexity index is 988. The quantitative estimate of drug-likeness (QED) is 0.771. The number of hydrogen-bond donors (Lipinski definition) is 1. The van der Waals surface area contributed by atoms with Crippen LogP contribution in [0.3, 0.4) is 0 Å². The molecule has 1 aliphatic rings. The predicted octanol–water partition coefficient (Wildman–Crippen LogP) is 3.55. The number of carbonyl (C=O) groups is 1. The summed E-state index contributed by atoms with van der Waals surface area (Å²) in [7, 11) is 0. The molecule has 4 rings (SSSR count). The van der Waals surface area contributed by atoms with Gasteiger partial charge in [0.2, 0.25) is 0 Å². The van der Waals surface area contributed by atoms with Crippen molar-refractivity contribution >= 4 is 16.8 Å². The van der Waals surface area contributed by atoms with Gasteiger partial charge in [0.25, 0.3) is 5.91 Å². The lowest BCUT2D eigenvalue weighted by Gasteiger charge is -2.31. The van der Waals surface area contributed by atoms with E-state index in [9.17, 15) is 9.18 Å². The third-order valence-electron chi connectivity index (χ3n) is 5.02. The fourth-order valence-electron chi connectivity index (χ4n) is 3.68. The first-order valence-corrected chi connectivity index (χ1v) is 9.25. The van der Waals surface area contributed by atoms with E-state index in [2.05, 4.69) is 39.5 Å². The van der Waals surface area contributed by atoms with Gasteiger partial charge in [-0.3, -0.25) is 9.69 Å². The summed E-state index contributed by atoms with van der Waals surface area (Å²) in [5.74, 6) is -0.688. The summed E-state index contributed by atoms with van der Waals surface area (Å²) in [6.07, 6.45) is 1.03. The minimum atomic E-state index is -0.415. The van der Waals surface area contributed by atoms with Crippen LogP contribution in [0.1, 0.15) is 28.5 Å². The molecule has 0 saturated carbocycles. The van der Waals surface area contributed by atoms with Crippen LogP contribution in [0.2, 0.25) is 0 Å². The van der Waals surface area contributed by atoms with E-state index in [-0.39, 0.29) is 23.2 Å². The standard InChI is InChI=1S/C22H22FN3O/c1-15(13-26-12-11-16-5-2-3-6-18(16)14-26)24-22(27)20-10-9-17-7-4-8-19(23)21(17)25-20/h2-10,15H,11-14H2,1H3,(H,24,27). The van der Waals surface area contributed by atoms with Crippen molar-refractivity contribution in [3.8, 4) is 0 Å². The lowest BCUT2D eigenvalue weighted by molar-refractivity contribution is 0.0922. The van der Waals surface area contributed by atoms with Crippen LogP contribution in [0.4, 0.5) is 4.39 Å². The molecular weight excluding hydrogens is 341 g/mol. The third kappa shape index (κ3) is 3.83. The summed E-state index contributed by atoms with van der Waals surface area (Å²) in [6, 6.07) is 16.6. The number of nitrogens with one attached hydrogen (secondary N) is 1. The molecule has 138 valence electrons. The minimum absolute atomic E-state index is 0.0270. The fraction of sp³-hybridized carbons (Fsp3) is 0.273. The molecule has 27 heavy (non-hydrogen) atoms. The van der Waals surface area contributed by atoms with Crippen molar-refractivity contribution in [2.75, 3.05) is 13.1 Å². The molecule has 0 spiro atoms. The molecule has 1 amide bonds. The average Bonchev–Trinajstić information content (AvgIpc) is 2.68. The highest BCUT2D eigenvalue weighted by Crippen LogP contribution is 2.19. The van der Waals surface area contributed by atoms with Gasteiger partial charge < -0.3 is 5.32 Å². The van der Waals surface area contributed by atoms with Gasteiger partial charge in [-0.25, -0.2) is 9.37 Å². The van der Waals surface area contributed by atoms with E-state index in [4.69, 9.17) is 0 Å². The summed E-state index contributed by atoms with van der Waals surface area (Å²) in [6.45, 7) is 4.63.